The molecule has 1 aromatic carbocycles. The monoisotopic (exact) mass is 196 g/mol. The third-order valence-corrected chi connectivity index (χ3v) is 1.65. The summed E-state index contributed by atoms with van der Waals surface area (Å²) in [6.07, 6.45) is -0.778. The van der Waals surface area contributed by atoms with Crippen molar-refractivity contribution < 1.29 is 14.8 Å². The fourth-order valence-corrected chi connectivity index (χ4v) is 0.939. The van der Waals surface area contributed by atoms with Gasteiger partial charge in [0.2, 0.25) is 6.41 Å². The van der Waals surface area contributed by atoms with Gasteiger partial charge < -0.3 is 10.4 Å². The van der Waals surface area contributed by atoms with Gasteiger partial charge in [-0.3, -0.25) is 14.9 Å². The minimum absolute atomic E-state index is 0.0629. The van der Waals surface area contributed by atoms with Gasteiger partial charge in [-0.15, -0.1) is 0 Å². The summed E-state index contributed by atoms with van der Waals surface area (Å²) in [5.74, 6) is 0. The summed E-state index contributed by atoms with van der Waals surface area (Å²) < 4.78 is 0. The maximum absolute atomic E-state index is 10.3. The van der Waals surface area contributed by atoms with Gasteiger partial charge in [-0.2, -0.15) is 0 Å². The molecule has 0 spiro atoms. The second-order valence-electron chi connectivity index (χ2n) is 2.54. The zero-order valence-corrected chi connectivity index (χ0v) is 7.08. The predicted octanol–water partition coefficient (Wildman–Crippen LogP) is 0.332. The molecule has 2 N–H and O–H groups in total. The van der Waals surface area contributed by atoms with Crippen LogP contribution in [0, 0.1) is 10.1 Å². The zero-order valence-electron chi connectivity index (χ0n) is 7.08. The van der Waals surface area contributed by atoms with E-state index in [1.165, 1.54) is 24.3 Å². The normalized spacial score (nSPS) is 11.8. The van der Waals surface area contributed by atoms with Gasteiger partial charge in [0.25, 0.3) is 5.69 Å². The van der Waals surface area contributed by atoms with E-state index in [2.05, 4.69) is 5.32 Å². The molecule has 0 aliphatic rings. The van der Waals surface area contributed by atoms with Gasteiger partial charge in [0.15, 0.2) is 6.23 Å². The number of hydrogen-bond donors (Lipinski definition) is 2. The third kappa shape index (κ3) is 2.27. The van der Waals surface area contributed by atoms with Crippen LogP contribution in [-0.2, 0) is 4.79 Å². The molecule has 0 saturated carbocycles. The molecule has 1 aromatic rings. The van der Waals surface area contributed by atoms with Gasteiger partial charge in [0.05, 0.1) is 4.92 Å². The van der Waals surface area contributed by atoms with Crippen LogP contribution in [0.25, 0.3) is 0 Å². The van der Waals surface area contributed by atoms with E-state index >= 15 is 0 Å². The molecule has 0 radical (unpaired) electrons. The van der Waals surface area contributed by atoms with Crippen molar-refractivity contribution in [3.63, 3.8) is 0 Å². The first-order valence-electron chi connectivity index (χ1n) is 3.77. The highest BCUT2D eigenvalue weighted by Crippen LogP contribution is 2.15. The lowest BCUT2D eigenvalue weighted by Gasteiger charge is -2.08. The summed E-state index contributed by atoms with van der Waals surface area (Å²) in [5, 5.41) is 21.6. The molecule has 1 rings (SSSR count). The lowest BCUT2D eigenvalue weighted by Crippen LogP contribution is -2.18. The first-order chi connectivity index (χ1) is 6.65. The molecule has 0 aromatic heterocycles. The number of aliphatic hydroxyl groups excluding tert-OH is 1. The Labute approximate surface area is 79.3 Å². The molecular formula is C8H8N2O4. The summed E-state index contributed by atoms with van der Waals surface area (Å²) in [7, 11) is 0. The molecule has 6 nitrogen and oxygen atoms in total. The Hall–Kier alpha value is -1.95. The van der Waals surface area contributed by atoms with E-state index in [1.54, 1.807) is 0 Å². The number of nitrogens with one attached hydrogen (secondary N) is 1. The van der Waals surface area contributed by atoms with E-state index in [0.717, 1.165) is 0 Å². The van der Waals surface area contributed by atoms with Crippen LogP contribution < -0.4 is 5.32 Å². The van der Waals surface area contributed by atoms with Crippen LogP contribution in [0.2, 0.25) is 0 Å². The molecule has 1 atom stereocenters. The largest absolute Gasteiger partial charge is 0.369 e. The summed E-state index contributed by atoms with van der Waals surface area (Å²) >= 11 is 0. The predicted molar refractivity (Wildman–Crippen MR) is 47.3 cm³/mol. The van der Waals surface area contributed by atoms with Crippen molar-refractivity contribution in [2.75, 3.05) is 0 Å². The molecule has 0 saturated heterocycles. The summed E-state index contributed by atoms with van der Waals surface area (Å²) in [6.45, 7) is 0. The van der Waals surface area contributed by atoms with Crippen molar-refractivity contribution in [2.24, 2.45) is 0 Å². The molecule has 1 amide bonds. The second-order valence-corrected chi connectivity index (χ2v) is 2.54. The van der Waals surface area contributed by atoms with Gasteiger partial charge in [-0.1, -0.05) is 0 Å². The lowest BCUT2D eigenvalue weighted by molar-refractivity contribution is -0.384. The highest BCUT2D eigenvalue weighted by Gasteiger charge is 2.08. The van der Waals surface area contributed by atoms with E-state index in [0.29, 0.717) is 12.0 Å². The number of aliphatic hydroxyl groups is 1. The van der Waals surface area contributed by atoms with Crippen molar-refractivity contribution in [2.45, 2.75) is 6.23 Å². The van der Waals surface area contributed by atoms with Crippen LogP contribution in [0.1, 0.15) is 11.8 Å². The topological polar surface area (TPSA) is 92.5 Å². The Morgan fingerprint density at radius 2 is 2.00 bits per heavy atom. The minimum Gasteiger partial charge on any atom is -0.369 e. The average molecular weight is 196 g/mol. The van der Waals surface area contributed by atoms with Crippen LogP contribution in [0.3, 0.4) is 0 Å². The highest BCUT2D eigenvalue weighted by molar-refractivity contribution is 5.47. The number of amides is 1. The number of carbonyl (C=O) groups excluding carboxylic acids is 1. The highest BCUT2D eigenvalue weighted by atomic mass is 16.6. The van der Waals surface area contributed by atoms with E-state index in [1.807, 2.05) is 0 Å². The number of nitro groups is 1. The molecule has 0 fully saturated rings. The van der Waals surface area contributed by atoms with Crippen LogP contribution in [0.15, 0.2) is 24.3 Å². The van der Waals surface area contributed by atoms with E-state index in [4.69, 9.17) is 0 Å². The molecule has 0 bridgehead atoms. The van der Waals surface area contributed by atoms with Gasteiger partial charge >= 0.3 is 0 Å². The van der Waals surface area contributed by atoms with Crippen molar-refractivity contribution in [3.05, 3.63) is 39.9 Å². The van der Waals surface area contributed by atoms with Gasteiger partial charge in [0, 0.05) is 17.7 Å². The maximum atomic E-state index is 10.3. The fraction of sp³-hybridized carbons (Fsp3) is 0.125. The van der Waals surface area contributed by atoms with E-state index in [9.17, 15) is 20.0 Å². The smallest absolute Gasteiger partial charge is 0.269 e. The van der Waals surface area contributed by atoms with Crippen molar-refractivity contribution in [1.82, 2.24) is 5.32 Å². The number of nitro benzene ring substituents is 1. The number of nitrogens with zero attached hydrogens (tertiary/aromatic N) is 1. The van der Waals surface area contributed by atoms with Gasteiger partial charge in [-0.25, -0.2) is 0 Å². The molecule has 0 aliphatic carbocycles. The summed E-state index contributed by atoms with van der Waals surface area (Å²) in [4.78, 5) is 19.7. The van der Waals surface area contributed by atoms with Crippen LogP contribution in [-0.4, -0.2) is 16.4 Å². The quantitative estimate of drug-likeness (QED) is 0.314. The molecule has 1 unspecified atom stereocenters. The van der Waals surface area contributed by atoms with Crippen molar-refractivity contribution in [3.8, 4) is 0 Å². The van der Waals surface area contributed by atoms with Crippen LogP contribution in [0.4, 0.5) is 5.69 Å². The number of hydrogen-bond acceptors (Lipinski definition) is 4. The Morgan fingerprint density at radius 3 is 2.43 bits per heavy atom. The Morgan fingerprint density at radius 1 is 1.43 bits per heavy atom. The Balaban J connectivity index is 2.82. The summed E-state index contributed by atoms with van der Waals surface area (Å²) in [5.41, 5.74) is 0.328. The molecule has 74 valence electrons. The van der Waals surface area contributed by atoms with E-state index in [-0.39, 0.29) is 5.69 Å². The fourth-order valence-electron chi connectivity index (χ4n) is 0.939. The SMILES string of the molecule is O=CNC(O)c1ccc([N+](=O)[O-])cc1. The van der Waals surface area contributed by atoms with Gasteiger partial charge in [0.1, 0.15) is 0 Å². The first kappa shape index (κ1) is 10.1. The Bertz CT molecular complexity index is 336. The standard InChI is InChI=1S/C8H8N2O4/c11-5-9-8(12)6-1-3-7(4-2-6)10(13)14/h1-5,8,12H,(H,9,11). The number of non-ortho nitro benzene ring substituents is 1. The number of rotatable bonds is 4. The van der Waals surface area contributed by atoms with Crippen molar-refractivity contribution in [1.29, 1.82) is 0 Å². The molecule has 14 heavy (non-hydrogen) atoms. The second kappa shape index (κ2) is 4.33. The number of carbonyl (C=O) groups is 1. The molecule has 0 heterocycles. The Kier molecular flexibility index (Phi) is 3.14. The lowest BCUT2D eigenvalue weighted by atomic mass is 10.2. The zero-order chi connectivity index (χ0) is 10.6. The van der Waals surface area contributed by atoms with Gasteiger partial charge in [-0.05, 0) is 12.1 Å². The van der Waals surface area contributed by atoms with Crippen molar-refractivity contribution >= 4 is 12.1 Å². The maximum Gasteiger partial charge on any atom is 0.269 e. The first-order valence-corrected chi connectivity index (χ1v) is 3.77. The van der Waals surface area contributed by atoms with E-state index < -0.39 is 11.2 Å². The minimum atomic E-state index is -1.13. The molecule has 0 aliphatic heterocycles. The summed E-state index contributed by atoms with van der Waals surface area (Å²) in [6, 6.07) is 5.26. The number of benzene rings is 1. The third-order valence-electron chi connectivity index (χ3n) is 1.65. The molecule has 6 heteroatoms. The molecular weight excluding hydrogens is 188 g/mol. The average Bonchev–Trinajstić information content (AvgIpc) is 2.18. The van der Waals surface area contributed by atoms with Crippen LogP contribution >= 0.6 is 0 Å². The van der Waals surface area contributed by atoms with Crippen LogP contribution in [0.5, 0.6) is 0 Å².